The van der Waals surface area contributed by atoms with Gasteiger partial charge in [-0.25, -0.2) is 0 Å². The monoisotopic (exact) mass is 350 g/mol. The fraction of sp³-hybridized carbons (Fsp3) is 0.444. The summed E-state index contributed by atoms with van der Waals surface area (Å²) in [5.41, 5.74) is 8.36. The van der Waals surface area contributed by atoms with Gasteiger partial charge in [-0.2, -0.15) is 5.10 Å². The maximum atomic E-state index is 12.7. The third-order valence-corrected chi connectivity index (χ3v) is 4.07. The topological polar surface area (TPSA) is 64.2 Å². The average molecular weight is 351 g/mol. The van der Waals surface area contributed by atoms with E-state index in [2.05, 4.69) is 31.1 Å². The number of hydrogen-bond acceptors (Lipinski definition) is 3. The van der Waals surface area contributed by atoms with E-state index in [1.54, 1.807) is 11.1 Å². The Labute approximate surface area is 150 Å². The normalized spacial score (nSPS) is 11.0. The molecule has 0 spiro atoms. The zero-order chi connectivity index (χ0) is 17.0. The van der Waals surface area contributed by atoms with E-state index in [9.17, 15) is 4.79 Å². The number of nitrogens with zero attached hydrogens (tertiary/aromatic N) is 3. The number of rotatable bonds is 6. The summed E-state index contributed by atoms with van der Waals surface area (Å²) in [6.07, 6.45) is 1.66. The Morgan fingerprint density at radius 1 is 1.29 bits per heavy atom. The Morgan fingerprint density at radius 3 is 2.50 bits per heavy atom. The van der Waals surface area contributed by atoms with Crippen LogP contribution in [0.2, 0.25) is 0 Å². The van der Waals surface area contributed by atoms with E-state index in [1.165, 1.54) is 0 Å². The first kappa shape index (κ1) is 20.2. The van der Waals surface area contributed by atoms with Crippen molar-refractivity contribution in [2.75, 3.05) is 20.1 Å². The molecule has 0 bridgehead atoms. The first-order valence-corrected chi connectivity index (χ1v) is 7.86. The van der Waals surface area contributed by atoms with E-state index in [-0.39, 0.29) is 23.7 Å². The Hall–Kier alpha value is -1.85. The number of aromatic nitrogens is 2. The largest absolute Gasteiger partial charge is 0.341 e. The number of halogens is 1. The molecule has 0 aliphatic heterocycles. The van der Waals surface area contributed by atoms with E-state index in [4.69, 9.17) is 5.73 Å². The lowest BCUT2D eigenvalue weighted by molar-refractivity contribution is 0.0739. The molecular formula is C18H27ClN4O. The van der Waals surface area contributed by atoms with Gasteiger partial charge in [0.05, 0.1) is 18.3 Å². The lowest BCUT2D eigenvalue weighted by Gasteiger charge is -2.29. The van der Waals surface area contributed by atoms with Crippen molar-refractivity contribution in [3.8, 4) is 0 Å². The first-order chi connectivity index (χ1) is 10.8. The second-order valence-electron chi connectivity index (χ2n) is 6.82. The van der Waals surface area contributed by atoms with Gasteiger partial charge in [0.15, 0.2) is 0 Å². The lowest BCUT2D eigenvalue weighted by Crippen LogP contribution is -2.39. The molecule has 2 N–H and O–H groups in total. The number of hydrogen-bond donors (Lipinski definition) is 1. The van der Waals surface area contributed by atoms with Crippen LogP contribution in [0.3, 0.4) is 0 Å². The molecule has 0 atom stereocenters. The SMILES string of the molecule is Cc1c(C(=O)N(C)CC(C)(C)CN)cnn1Cc1ccccc1.Cl. The van der Waals surface area contributed by atoms with E-state index in [0.717, 1.165) is 11.3 Å². The molecule has 1 amide bonds. The predicted octanol–water partition coefficient (Wildman–Crippen LogP) is 2.72. The molecule has 1 aromatic heterocycles. The maximum Gasteiger partial charge on any atom is 0.257 e. The van der Waals surface area contributed by atoms with Crippen LogP contribution in [-0.2, 0) is 6.54 Å². The fourth-order valence-electron chi connectivity index (χ4n) is 2.56. The summed E-state index contributed by atoms with van der Waals surface area (Å²) in [7, 11) is 1.81. The Morgan fingerprint density at radius 2 is 1.92 bits per heavy atom. The molecule has 6 heteroatoms. The van der Waals surface area contributed by atoms with Crippen LogP contribution < -0.4 is 5.73 Å². The smallest absolute Gasteiger partial charge is 0.257 e. The van der Waals surface area contributed by atoms with Gasteiger partial charge in [-0.05, 0) is 24.4 Å². The van der Waals surface area contributed by atoms with Gasteiger partial charge in [0.25, 0.3) is 5.91 Å². The highest BCUT2D eigenvalue weighted by molar-refractivity contribution is 5.94. The molecule has 24 heavy (non-hydrogen) atoms. The molecule has 1 heterocycles. The van der Waals surface area contributed by atoms with Crippen LogP contribution in [0.1, 0.15) is 35.5 Å². The van der Waals surface area contributed by atoms with Gasteiger partial charge < -0.3 is 10.6 Å². The minimum absolute atomic E-state index is 0. The van der Waals surface area contributed by atoms with E-state index in [1.807, 2.05) is 36.9 Å². The first-order valence-electron chi connectivity index (χ1n) is 7.86. The summed E-state index contributed by atoms with van der Waals surface area (Å²) in [5, 5.41) is 4.38. The van der Waals surface area contributed by atoms with Crippen LogP contribution in [0.5, 0.6) is 0 Å². The second kappa shape index (κ2) is 8.31. The Balaban J connectivity index is 0.00000288. The maximum absolute atomic E-state index is 12.7. The summed E-state index contributed by atoms with van der Waals surface area (Å²) in [6, 6.07) is 10.1. The summed E-state index contributed by atoms with van der Waals surface area (Å²) in [6.45, 7) is 7.87. The fourth-order valence-corrected chi connectivity index (χ4v) is 2.56. The van der Waals surface area contributed by atoms with E-state index >= 15 is 0 Å². The van der Waals surface area contributed by atoms with Crippen LogP contribution in [0.15, 0.2) is 36.5 Å². The van der Waals surface area contributed by atoms with Crippen LogP contribution in [-0.4, -0.2) is 40.7 Å². The number of carbonyl (C=O) groups is 1. The molecule has 2 aromatic rings. The molecule has 0 saturated carbocycles. The van der Waals surface area contributed by atoms with E-state index in [0.29, 0.717) is 25.2 Å². The number of nitrogens with two attached hydrogens (primary N) is 1. The Kier molecular flexibility index (Phi) is 6.99. The van der Waals surface area contributed by atoms with Crippen molar-refractivity contribution in [1.82, 2.24) is 14.7 Å². The van der Waals surface area contributed by atoms with Gasteiger partial charge in [-0.3, -0.25) is 9.48 Å². The van der Waals surface area contributed by atoms with Crippen molar-refractivity contribution >= 4 is 18.3 Å². The van der Waals surface area contributed by atoms with Gasteiger partial charge in [0, 0.05) is 19.3 Å². The lowest BCUT2D eigenvalue weighted by atomic mass is 9.93. The van der Waals surface area contributed by atoms with Gasteiger partial charge >= 0.3 is 0 Å². The molecule has 132 valence electrons. The predicted molar refractivity (Wildman–Crippen MR) is 99.6 cm³/mol. The number of carbonyl (C=O) groups excluding carboxylic acids is 1. The quantitative estimate of drug-likeness (QED) is 0.871. The van der Waals surface area contributed by atoms with E-state index < -0.39 is 0 Å². The minimum atomic E-state index is -0.0989. The number of amides is 1. The van der Waals surface area contributed by atoms with Crippen molar-refractivity contribution < 1.29 is 4.79 Å². The van der Waals surface area contributed by atoms with Crippen molar-refractivity contribution in [1.29, 1.82) is 0 Å². The molecule has 0 aliphatic rings. The zero-order valence-electron chi connectivity index (χ0n) is 14.8. The highest BCUT2D eigenvalue weighted by Crippen LogP contribution is 2.17. The minimum Gasteiger partial charge on any atom is -0.341 e. The average Bonchev–Trinajstić information content (AvgIpc) is 2.88. The summed E-state index contributed by atoms with van der Waals surface area (Å²) in [4.78, 5) is 14.4. The highest BCUT2D eigenvalue weighted by Gasteiger charge is 2.24. The molecule has 0 fully saturated rings. The third kappa shape index (κ3) is 4.82. The van der Waals surface area contributed by atoms with Gasteiger partial charge in [0.1, 0.15) is 0 Å². The van der Waals surface area contributed by atoms with Gasteiger partial charge in [-0.1, -0.05) is 44.2 Å². The van der Waals surface area contributed by atoms with Crippen LogP contribution >= 0.6 is 12.4 Å². The molecule has 2 rings (SSSR count). The number of benzene rings is 1. The molecular weight excluding hydrogens is 324 g/mol. The van der Waals surface area contributed by atoms with Gasteiger partial charge in [0.2, 0.25) is 0 Å². The van der Waals surface area contributed by atoms with Crippen molar-refractivity contribution in [3.05, 3.63) is 53.3 Å². The summed E-state index contributed by atoms with van der Waals surface area (Å²) < 4.78 is 1.87. The highest BCUT2D eigenvalue weighted by atomic mass is 35.5. The van der Waals surface area contributed by atoms with Crippen LogP contribution in [0.25, 0.3) is 0 Å². The van der Waals surface area contributed by atoms with Crippen LogP contribution in [0, 0.1) is 12.3 Å². The van der Waals surface area contributed by atoms with Gasteiger partial charge in [-0.15, -0.1) is 12.4 Å². The standard InChI is InChI=1S/C18H26N4O.ClH/c1-14-16(17(23)21(4)13-18(2,3)12-19)10-20-22(14)11-15-8-6-5-7-9-15;/h5-10H,11-13,19H2,1-4H3;1H. The summed E-state index contributed by atoms with van der Waals surface area (Å²) >= 11 is 0. The Bertz CT molecular complexity index is 667. The molecule has 0 unspecified atom stereocenters. The second-order valence-corrected chi connectivity index (χ2v) is 6.82. The van der Waals surface area contributed by atoms with Crippen molar-refractivity contribution in [3.63, 3.8) is 0 Å². The zero-order valence-corrected chi connectivity index (χ0v) is 15.6. The van der Waals surface area contributed by atoms with Crippen molar-refractivity contribution in [2.45, 2.75) is 27.3 Å². The summed E-state index contributed by atoms with van der Waals surface area (Å²) in [5.74, 6) is -0.0108. The molecule has 1 aromatic carbocycles. The van der Waals surface area contributed by atoms with Crippen LogP contribution in [0.4, 0.5) is 0 Å². The molecule has 0 saturated heterocycles. The molecule has 0 radical (unpaired) electrons. The third-order valence-electron chi connectivity index (χ3n) is 4.07. The van der Waals surface area contributed by atoms with Crippen molar-refractivity contribution in [2.24, 2.45) is 11.1 Å². The molecule has 5 nitrogen and oxygen atoms in total. The molecule has 0 aliphatic carbocycles.